The van der Waals surface area contributed by atoms with E-state index in [4.69, 9.17) is 0 Å². The van der Waals surface area contributed by atoms with Crippen LogP contribution in [0.1, 0.15) is 46.5 Å². The maximum absolute atomic E-state index is 11.7. The van der Waals surface area contributed by atoms with Crippen LogP contribution in [-0.2, 0) is 9.59 Å². The van der Waals surface area contributed by atoms with Crippen molar-refractivity contribution in [3.05, 3.63) is 0 Å². The van der Waals surface area contributed by atoms with E-state index in [1.807, 2.05) is 6.92 Å². The molecule has 0 aliphatic carbocycles. The maximum Gasteiger partial charge on any atom is 0.223 e. The molecule has 0 N–H and O–H groups in total. The summed E-state index contributed by atoms with van der Waals surface area (Å²) in [5, 5.41) is 0. The molecule has 0 saturated carbocycles. The van der Waals surface area contributed by atoms with Crippen molar-refractivity contribution < 1.29 is 9.59 Å². The number of carbonyl (C=O) groups is 2. The van der Waals surface area contributed by atoms with E-state index in [-0.39, 0.29) is 17.7 Å². The van der Waals surface area contributed by atoms with Crippen LogP contribution < -0.4 is 0 Å². The minimum absolute atomic E-state index is 0.114. The van der Waals surface area contributed by atoms with Gasteiger partial charge in [-0.3, -0.25) is 9.59 Å². The number of hydrogen-bond donors (Lipinski definition) is 0. The molecule has 0 aromatic heterocycles. The van der Waals surface area contributed by atoms with Gasteiger partial charge in [-0.15, -0.1) is 0 Å². The van der Waals surface area contributed by atoms with E-state index >= 15 is 0 Å². The van der Waals surface area contributed by atoms with Gasteiger partial charge >= 0.3 is 0 Å². The highest BCUT2D eigenvalue weighted by Gasteiger charge is 2.34. The van der Waals surface area contributed by atoms with E-state index in [1.54, 1.807) is 11.8 Å². The maximum atomic E-state index is 11.7. The van der Waals surface area contributed by atoms with Crippen LogP contribution in [0, 0.1) is 5.92 Å². The third-order valence-electron chi connectivity index (χ3n) is 3.17. The van der Waals surface area contributed by atoms with Crippen molar-refractivity contribution in [3.8, 4) is 0 Å². The van der Waals surface area contributed by atoms with Crippen molar-refractivity contribution in [2.75, 3.05) is 6.54 Å². The first-order valence-electron chi connectivity index (χ1n) is 5.90. The number of hydrogen-bond acceptors (Lipinski definition) is 2. The Hall–Kier alpha value is -0.860. The van der Waals surface area contributed by atoms with E-state index in [9.17, 15) is 9.59 Å². The number of Topliss-reactive ketones (excluding diaryl/α,β-unsaturated/α-hetero) is 1. The van der Waals surface area contributed by atoms with Crippen molar-refractivity contribution in [2.24, 2.45) is 5.92 Å². The van der Waals surface area contributed by atoms with E-state index in [1.165, 1.54) is 0 Å². The van der Waals surface area contributed by atoms with Gasteiger partial charge in [0, 0.05) is 13.0 Å². The fourth-order valence-corrected chi connectivity index (χ4v) is 2.44. The molecule has 86 valence electrons. The first kappa shape index (κ1) is 12.2. The third-order valence-corrected chi connectivity index (χ3v) is 3.17. The predicted molar refractivity (Wildman–Crippen MR) is 59.5 cm³/mol. The minimum atomic E-state index is -0.181. The second-order valence-electron chi connectivity index (χ2n) is 4.44. The topological polar surface area (TPSA) is 37.4 Å². The number of ketones is 1. The molecular formula is C12H21NO2. The zero-order valence-corrected chi connectivity index (χ0v) is 9.95. The molecule has 1 saturated heterocycles. The molecule has 2 atom stereocenters. The van der Waals surface area contributed by atoms with Crippen molar-refractivity contribution in [1.82, 2.24) is 4.90 Å². The summed E-state index contributed by atoms with van der Waals surface area (Å²) in [5.74, 6) is 0.745. The zero-order chi connectivity index (χ0) is 11.4. The van der Waals surface area contributed by atoms with Crippen LogP contribution in [0.25, 0.3) is 0 Å². The molecule has 3 heteroatoms. The highest BCUT2D eigenvalue weighted by molar-refractivity contribution is 5.88. The van der Waals surface area contributed by atoms with Crippen LogP contribution in [-0.4, -0.2) is 29.2 Å². The summed E-state index contributed by atoms with van der Waals surface area (Å²) in [7, 11) is 0. The van der Waals surface area contributed by atoms with Crippen molar-refractivity contribution in [2.45, 2.75) is 52.5 Å². The van der Waals surface area contributed by atoms with Crippen LogP contribution in [0.3, 0.4) is 0 Å². The third kappa shape index (κ3) is 2.80. The van der Waals surface area contributed by atoms with Crippen LogP contribution in [0.5, 0.6) is 0 Å². The molecule has 1 heterocycles. The monoisotopic (exact) mass is 211 g/mol. The summed E-state index contributed by atoms with van der Waals surface area (Å²) in [6.45, 7) is 6.46. The Morgan fingerprint density at radius 3 is 2.67 bits per heavy atom. The number of carbonyl (C=O) groups excluding carboxylic acids is 2. The smallest absolute Gasteiger partial charge is 0.223 e. The largest absolute Gasteiger partial charge is 0.332 e. The number of rotatable bonds is 5. The van der Waals surface area contributed by atoms with Crippen molar-refractivity contribution >= 4 is 11.7 Å². The molecule has 1 rings (SSSR count). The normalized spacial score (nSPS) is 23.3. The molecule has 15 heavy (non-hydrogen) atoms. The Labute approximate surface area is 91.8 Å². The summed E-state index contributed by atoms with van der Waals surface area (Å²) in [6.07, 6.45) is 3.58. The summed E-state index contributed by atoms with van der Waals surface area (Å²) < 4.78 is 0. The second kappa shape index (κ2) is 5.29. The van der Waals surface area contributed by atoms with Gasteiger partial charge in [0.05, 0.1) is 6.04 Å². The Morgan fingerprint density at radius 1 is 1.53 bits per heavy atom. The van der Waals surface area contributed by atoms with Gasteiger partial charge in [0.25, 0.3) is 0 Å². The Balaban J connectivity index is 2.63. The van der Waals surface area contributed by atoms with E-state index < -0.39 is 0 Å². The molecule has 0 radical (unpaired) electrons. The fourth-order valence-electron chi connectivity index (χ4n) is 2.44. The van der Waals surface area contributed by atoms with Crippen LogP contribution >= 0.6 is 0 Å². The molecule has 1 aliphatic heterocycles. The Bertz CT molecular complexity index is 250. The van der Waals surface area contributed by atoms with Crippen LogP contribution in [0.2, 0.25) is 0 Å². The van der Waals surface area contributed by atoms with Crippen LogP contribution in [0.4, 0.5) is 0 Å². The summed E-state index contributed by atoms with van der Waals surface area (Å²) in [6, 6.07) is -0.181. The number of likely N-dealkylation sites (tertiary alicyclic amines) is 1. The van der Waals surface area contributed by atoms with E-state index in [0.29, 0.717) is 12.3 Å². The molecule has 0 spiro atoms. The number of amides is 1. The van der Waals surface area contributed by atoms with E-state index in [2.05, 4.69) is 6.92 Å². The lowest BCUT2D eigenvalue weighted by molar-refractivity contribution is -0.135. The highest BCUT2D eigenvalue weighted by Crippen LogP contribution is 2.25. The molecule has 0 unspecified atom stereocenters. The average Bonchev–Trinajstić information content (AvgIpc) is 2.49. The van der Waals surface area contributed by atoms with Crippen molar-refractivity contribution in [3.63, 3.8) is 0 Å². The quantitative estimate of drug-likeness (QED) is 0.697. The first-order valence-corrected chi connectivity index (χ1v) is 5.90. The SMILES string of the molecule is CCC[C@@H]1CC(=O)N([C@@H](CC)C(C)=O)C1. The summed E-state index contributed by atoms with van der Waals surface area (Å²) in [5.41, 5.74) is 0. The number of nitrogens with zero attached hydrogens (tertiary/aromatic N) is 1. The minimum Gasteiger partial charge on any atom is -0.332 e. The Kier molecular flexibility index (Phi) is 4.30. The standard InChI is InChI=1S/C12H21NO2/c1-4-6-10-7-12(15)13(8-10)11(5-2)9(3)14/h10-11H,4-8H2,1-3H3/t10-,11+/m1/s1. The van der Waals surface area contributed by atoms with Gasteiger partial charge in [-0.2, -0.15) is 0 Å². The first-order chi connectivity index (χ1) is 7.10. The zero-order valence-electron chi connectivity index (χ0n) is 9.95. The average molecular weight is 211 g/mol. The van der Waals surface area contributed by atoms with E-state index in [0.717, 1.165) is 25.8 Å². The van der Waals surface area contributed by atoms with Gasteiger partial charge in [0.1, 0.15) is 0 Å². The lowest BCUT2D eigenvalue weighted by Crippen LogP contribution is -2.40. The highest BCUT2D eigenvalue weighted by atomic mass is 16.2. The molecule has 1 amide bonds. The lowest BCUT2D eigenvalue weighted by Gasteiger charge is -2.24. The van der Waals surface area contributed by atoms with Gasteiger partial charge < -0.3 is 4.90 Å². The molecule has 1 fully saturated rings. The van der Waals surface area contributed by atoms with Gasteiger partial charge in [0.15, 0.2) is 5.78 Å². The fraction of sp³-hybridized carbons (Fsp3) is 0.833. The van der Waals surface area contributed by atoms with Crippen LogP contribution in [0.15, 0.2) is 0 Å². The van der Waals surface area contributed by atoms with Gasteiger partial charge in [-0.25, -0.2) is 0 Å². The lowest BCUT2D eigenvalue weighted by atomic mass is 10.0. The molecule has 0 aromatic carbocycles. The van der Waals surface area contributed by atoms with Gasteiger partial charge in [-0.05, 0) is 25.7 Å². The molecule has 0 aromatic rings. The predicted octanol–water partition coefficient (Wildman–Crippen LogP) is 2.00. The second-order valence-corrected chi connectivity index (χ2v) is 4.44. The Morgan fingerprint density at radius 2 is 2.20 bits per heavy atom. The van der Waals surface area contributed by atoms with Crippen molar-refractivity contribution in [1.29, 1.82) is 0 Å². The molecule has 3 nitrogen and oxygen atoms in total. The molecular weight excluding hydrogens is 190 g/mol. The summed E-state index contributed by atoms with van der Waals surface area (Å²) in [4.78, 5) is 24.9. The molecule has 0 bridgehead atoms. The van der Waals surface area contributed by atoms with Gasteiger partial charge in [0.2, 0.25) is 5.91 Å². The molecule has 1 aliphatic rings. The summed E-state index contributed by atoms with van der Waals surface area (Å²) >= 11 is 0. The van der Waals surface area contributed by atoms with Gasteiger partial charge in [-0.1, -0.05) is 20.3 Å².